The van der Waals surface area contributed by atoms with Gasteiger partial charge in [-0.3, -0.25) is 0 Å². The van der Waals surface area contributed by atoms with Crippen LogP contribution in [0.25, 0.3) is 0 Å². The highest BCUT2D eigenvalue weighted by molar-refractivity contribution is 4.92. The molecule has 1 unspecified atom stereocenters. The highest BCUT2D eigenvalue weighted by atomic mass is 16.6. The third-order valence-corrected chi connectivity index (χ3v) is 2.20. The van der Waals surface area contributed by atoms with Crippen LogP contribution in [0.4, 0.5) is 0 Å². The van der Waals surface area contributed by atoms with E-state index in [1.807, 2.05) is 0 Å². The van der Waals surface area contributed by atoms with Crippen molar-refractivity contribution in [2.24, 2.45) is 0 Å². The van der Waals surface area contributed by atoms with Crippen LogP contribution in [0.5, 0.6) is 0 Å². The largest absolute Gasteiger partial charge is 0.393 e. The monoisotopic (exact) mass is 144 g/mol. The summed E-state index contributed by atoms with van der Waals surface area (Å²) in [5.41, 5.74) is -0.0995. The SMILES string of the molecule is OC1CCOC2(COC2)C1. The van der Waals surface area contributed by atoms with E-state index in [0.29, 0.717) is 19.8 Å². The molecule has 1 N–H and O–H groups in total. The average Bonchev–Trinajstić information content (AvgIpc) is 1.85. The van der Waals surface area contributed by atoms with Gasteiger partial charge in [0.15, 0.2) is 0 Å². The van der Waals surface area contributed by atoms with Crippen LogP contribution in [0.15, 0.2) is 0 Å². The molecule has 2 rings (SSSR count). The van der Waals surface area contributed by atoms with E-state index in [9.17, 15) is 5.11 Å². The topological polar surface area (TPSA) is 38.7 Å². The van der Waals surface area contributed by atoms with E-state index in [0.717, 1.165) is 12.8 Å². The van der Waals surface area contributed by atoms with Crippen LogP contribution >= 0.6 is 0 Å². The zero-order valence-electron chi connectivity index (χ0n) is 5.88. The Balaban J connectivity index is 1.96. The van der Waals surface area contributed by atoms with E-state index in [-0.39, 0.29) is 11.7 Å². The number of aliphatic hydroxyl groups is 1. The zero-order valence-corrected chi connectivity index (χ0v) is 5.88. The lowest BCUT2D eigenvalue weighted by Crippen LogP contribution is -2.56. The summed E-state index contributed by atoms with van der Waals surface area (Å²) in [6, 6.07) is 0. The van der Waals surface area contributed by atoms with Crippen molar-refractivity contribution >= 4 is 0 Å². The molecule has 0 bridgehead atoms. The van der Waals surface area contributed by atoms with Gasteiger partial charge in [0.05, 0.1) is 25.9 Å². The van der Waals surface area contributed by atoms with Crippen molar-refractivity contribution in [3.8, 4) is 0 Å². The van der Waals surface area contributed by atoms with Crippen LogP contribution in [-0.4, -0.2) is 36.6 Å². The number of rotatable bonds is 0. The second-order valence-electron chi connectivity index (χ2n) is 3.17. The number of hydrogen-bond donors (Lipinski definition) is 1. The molecule has 1 spiro atoms. The maximum Gasteiger partial charge on any atom is 0.117 e. The molecule has 58 valence electrons. The van der Waals surface area contributed by atoms with Crippen molar-refractivity contribution in [3.63, 3.8) is 0 Å². The molecule has 0 amide bonds. The molecule has 0 aliphatic carbocycles. The summed E-state index contributed by atoms with van der Waals surface area (Å²) in [5.74, 6) is 0. The summed E-state index contributed by atoms with van der Waals surface area (Å²) in [4.78, 5) is 0. The van der Waals surface area contributed by atoms with E-state index in [1.165, 1.54) is 0 Å². The summed E-state index contributed by atoms with van der Waals surface area (Å²) in [6.45, 7) is 2.03. The second-order valence-corrected chi connectivity index (χ2v) is 3.17. The highest BCUT2D eigenvalue weighted by Crippen LogP contribution is 2.31. The Morgan fingerprint density at radius 1 is 1.40 bits per heavy atom. The molecule has 0 aromatic carbocycles. The Morgan fingerprint density at radius 2 is 2.20 bits per heavy atom. The summed E-state index contributed by atoms with van der Waals surface area (Å²) in [7, 11) is 0. The summed E-state index contributed by atoms with van der Waals surface area (Å²) in [6.07, 6.45) is 1.37. The smallest absolute Gasteiger partial charge is 0.117 e. The van der Waals surface area contributed by atoms with Crippen LogP contribution in [0.3, 0.4) is 0 Å². The lowest BCUT2D eigenvalue weighted by atomic mass is 9.90. The fourth-order valence-electron chi connectivity index (χ4n) is 1.53. The molecular formula is C7H12O3. The van der Waals surface area contributed by atoms with E-state index >= 15 is 0 Å². The Hall–Kier alpha value is -0.120. The van der Waals surface area contributed by atoms with Crippen molar-refractivity contribution in [1.82, 2.24) is 0 Å². The van der Waals surface area contributed by atoms with Gasteiger partial charge in [-0.25, -0.2) is 0 Å². The molecule has 0 saturated carbocycles. The minimum atomic E-state index is -0.169. The van der Waals surface area contributed by atoms with Crippen LogP contribution in [0.2, 0.25) is 0 Å². The molecule has 0 aromatic rings. The van der Waals surface area contributed by atoms with E-state index in [1.54, 1.807) is 0 Å². The summed E-state index contributed by atoms with van der Waals surface area (Å²) < 4.78 is 10.5. The summed E-state index contributed by atoms with van der Waals surface area (Å²) in [5, 5.41) is 9.27. The van der Waals surface area contributed by atoms with E-state index in [2.05, 4.69) is 0 Å². The molecule has 2 aliphatic heterocycles. The van der Waals surface area contributed by atoms with Crippen molar-refractivity contribution in [2.75, 3.05) is 19.8 Å². The van der Waals surface area contributed by atoms with Crippen molar-refractivity contribution < 1.29 is 14.6 Å². The molecule has 2 saturated heterocycles. The standard InChI is InChI=1S/C7H12O3/c8-6-1-2-10-7(3-6)4-9-5-7/h6,8H,1-5H2. The fourth-order valence-corrected chi connectivity index (χ4v) is 1.53. The molecule has 2 heterocycles. The first-order chi connectivity index (χ1) is 4.81. The van der Waals surface area contributed by atoms with Gasteiger partial charge >= 0.3 is 0 Å². The third kappa shape index (κ3) is 0.944. The predicted octanol–water partition coefficient (Wildman–Crippen LogP) is -0.0733. The second kappa shape index (κ2) is 2.19. The van der Waals surface area contributed by atoms with Gasteiger partial charge in [0, 0.05) is 6.42 Å². The predicted molar refractivity (Wildman–Crippen MR) is 34.7 cm³/mol. The summed E-state index contributed by atoms with van der Waals surface area (Å²) >= 11 is 0. The molecule has 10 heavy (non-hydrogen) atoms. The van der Waals surface area contributed by atoms with Crippen LogP contribution in [0.1, 0.15) is 12.8 Å². The van der Waals surface area contributed by atoms with Crippen LogP contribution in [-0.2, 0) is 9.47 Å². The van der Waals surface area contributed by atoms with Gasteiger partial charge in [-0.15, -0.1) is 0 Å². The molecule has 1 atom stereocenters. The Morgan fingerprint density at radius 3 is 2.60 bits per heavy atom. The Labute approximate surface area is 59.9 Å². The first-order valence-corrected chi connectivity index (χ1v) is 3.71. The zero-order chi connectivity index (χ0) is 7.03. The van der Waals surface area contributed by atoms with Gasteiger partial charge in [0.1, 0.15) is 5.60 Å². The molecule has 0 aromatic heterocycles. The quantitative estimate of drug-likeness (QED) is 0.517. The minimum absolute atomic E-state index is 0.0995. The lowest BCUT2D eigenvalue weighted by molar-refractivity contribution is -0.241. The number of ether oxygens (including phenoxy) is 2. The first-order valence-electron chi connectivity index (χ1n) is 3.71. The van der Waals surface area contributed by atoms with Gasteiger partial charge < -0.3 is 14.6 Å². The molecule has 0 radical (unpaired) electrons. The van der Waals surface area contributed by atoms with Gasteiger partial charge in [-0.2, -0.15) is 0 Å². The van der Waals surface area contributed by atoms with Crippen LogP contribution < -0.4 is 0 Å². The van der Waals surface area contributed by atoms with E-state index < -0.39 is 0 Å². The van der Waals surface area contributed by atoms with Crippen molar-refractivity contribution in [3.05, 3.63) is 0 Å². The third-order valence-electron chi connectivity index (χ3n) is 2.20. The molecule has 2 aliphatic rings. The van der Waals surface area contributed by atoms with Gasteiger partial charge in [0.2, 0.25) is 0 Å². The molecule has 2 fully saturated rings. The average molecular weight is 144 g/mol. The fraction of sp³-hybridized carbons (Fsp3) is 1.00. The van der Waals surface area contributed by atoms with Crippen LogP contribution in [0, 0.1) is 0 Å². The van der Waals surface area contributed by atoms with Gasteiger partial charge in [0.25, 0.3) is 0 Å². The number of hydrogen-bond acceptors (Lipinski definition) is 3. The Kier molecular flexibility index (Phi) is 1.44. The maximum atomic E-state index is 9.27. The van der Waals surface area contributed by atoms with E-state index in [4.69, 9.17) is 9.47 Å². The first kappa shape index (κ1) is 6.58. The molecular weight excluding hydrogens is 132 g/mol. The lowest BCUT2D eigenvalue weighted by Gasteiger charge is -2.45. The van der Waals surface area contributed by atoms with Crippen molar-refractivity contribution in [1.29, 1.82) is 0 Å². The highest BCUT2D eigenvalue weighted by Gasteiger charge is 2.43. The van der Waals surface area contributed by atoms with Crippen molar-refractivity contribution in [2.45, 2.75) is 24.5 Å². The maximum absolute atomic E-state index is 9.27. The normalized spacial score (nSPS) is 37.5. The molecule has 3 nitrogen and oxygen atoms in total. The number of aliphatic hydroxyl groups excluding tert-OH is 1. The minimum Gasteiger partial charge on any atom is -0.393 e. The van der Waals surface area contributed by atoms with Gasteiger partial charge in [-0.1, -0.05) is 0 Å². The Bertz CT molecular complexity index is 131. The van der Waals surface area contributed by atoms with Gasteiger partial charge in [-0.05, 0) is 6.42 Å². The molecule has 3 heteroatoms.